The van der Waals surface area contributed by atoms with Crippen LogP contribution in [0.5, 0.6) is 0 Å². The Morgan fingerprint density at radius 1 is 1.10 bits per heavy atom. The minimum absolute atomic E-state index is 0.0225. The first-order valence-corrected chi connectivity index (χ1v) is 7.11. The van der Waals surface area contributed by atoms with Crippen LogP contribution in [0.4, 0.5) is 17.1 Å². The van der Waals surface area contributed by atoms with Crippen molar-refractivity contribution in [3.05, 3.63) is 53.6 Å². The number of rotatable bonds is 2. The molecule has 4 nitrogen and oxygen atoms in total. The molecule has 21 heavy (non-hydrogen) atoms. The second-order valence-electron chi connectivity index (χ2n) is 5.36. The number of para-hydroxylation sites is 2. The number of hydrogen-bond donors (Lipinski definition) is 3. The summed E-state index contributed by atoms with van der Waals surface area (Å²) in [6.45, 7) is 4.64. The molecule has 0 saturated heterocycles. The van der Waals surface area contributed by atoms with Crippen LogP contribution >= 0.6 is 0 Å². The molecule has 1 unspecified atom stereocenters. The predicted octanol–water partition coefficient (Wildman–Crippen LogP) is 3.15. The molecule has 2 aromatic carbocycles. The molecule has 0 saturated carbocycles. The van der Waals surface area contributed by atoms with Gasteiger partial charge in [-0.2, -0.15) is 0 Å². The number of amides is 1. The van der Waals surface area contributed by atoms with E-state index in [2.05, 4.69) is 16.0 Å². The highest BCUT2D eigenvalue weighted by Crippen LogP contribution is 2.26. The lowest BCUT2D eigenvalue weighted by Crippen LogP contribution is -2.42. The first-order chi connectivity index (χ1) is 10.1. The highest BCUT2D eigenvalue weighted by atomic mass is 16.2. The average molecular weight is 281 g/mol. The van der Waals surface area contributed by atoms with Crippen LogP contribution in [-0.4, -0.2) is 18.5 Å². The van der Waals surface area contributed by atoms with Crippen molar-refractivity contribution in [3.63, 3.8) is 0 Å². The van der Waals surface area contributed by atoms with E-state index < -0.39 is 0 Å². The fourth-order valence-corrected chi connectivity index (χ4v) is 2.48. The molecule has 0 radical (unpaired) electrons. The molecule has 0 fully saturated rings. The molecular weight excluding hydrogens is 262 g/mol. The summed E-state index contributed by atoms with van der Waals surface area (Å²) in [6, 6.07) is 13.6. The molecule has 0 spiro atoms. The molecule has 0 aliphatic carbocycles. The maximum Gasteiger partial charge on any atom is 0.248 e. The van der Waals surface area contributed by atoms with Gasteiger partial charge in [0.2, 0.25) is 5.91 Å². The Morgan fingerprint density at radius 3 is 2.67 bits per heavy atom. The van der Waals surface area contributed by atoms with E-state index in [9.17, 15) is 4.79 Å². The third-order valence-corrected chi connectivity index (χ3v) is 3.93. The number of anilines is 3. The van der Waals surface area contributed by atoms with Crippen molar-refractivity contribution in [2.24, 2.45) is 0 Å². The number of nitrogens with one attached hydrogen (secondary N) is 3. The normalized spacial score (nSPS) is 16.4. The number of fused-ring (bicyclic) bond motifs is 1. The molecule has 0 bridgehead atoms. The quantitative estimate of drug-likeness (QED) is 0.792. The molecule has 1 aliphatic rings. The highest BCUT2D eigenvalue weighted by molar-refractivity contribution is 5.99. The van der Waals surface area contributed by atoms with Crippen molar-refractivity contribution in [1.82, 2.24) is 0 Å². The number of aryl methyl sites for hydroxylation is 1. The van der Waals surface area contributed by atoms with Gasteiger partial charge in [-0.05, 0) is 43.2 Å². The summed E-state index contributed by atoms with van der Waals surface area (Å²) >= 11 is 0. The molecular formula is C17H19N3O. The summed E-state index contributed by atoms with van der Waals surface area (Å²) < 4.78 is 0. The Bertz CT molecular complexity index is 681. The highest BCUT2D eigenvalue weighted by Gasteiger charge is 2.23. The zero-order chi connectivity index (χ0) is 14.8. The van der Waals surface area contributed by atoms with Crippen molar-refractivity contribution in [2.75, 3.05) is 22.5 Å². The fourth-order valence-electron chi connectivity index (χ4n) is 2.48. The van der Waals surface area contributed by atoms with Gasteiger partial charge in [0.05, 0.1) is 11.4 Å². The van der Waals surface area contributed by atoms with Gasteiger partial charge < -0.3 is 16.0 Å². The summed E-state index contributed by atoms with van der Waals surface area (Å²) in [7, 11) is 0. The predicted molar refractivity (Wildman–Crippen MR) is 86.9 cm³/mol. The standard InChI is InChI=1S/C17H19N3O/c1-11-6-5-9-13(12(11)2)20-17(21)16-10-18-14-7-3-4-8-15(14)19-16/h3-9,16,18-19H,10H2,1-2H3,(H,20,21). The molecule has 1 amide bonds. The van der Waals surface area contributed by atoms with Gasteiger partial charge in [0.1, 0.15) is 6.04 Å². The van der Waals surface area contributed by atoms with E-state index in [4.69, 9.17) is 0 Å². The SMILES string of the molecule is Cc1cccc(NC(=O)C2CNc3ccccc3N2)c1C. The van der Waals surface area contributed by atoms with Gasteiger partial charge in [-0.1, -0.05) is 24.3 Å². The zero-order valence-corrected chi connectivity index (χ0v) is 12.2. The number of benzene rings is 2. The Morgan fingerprint density at radius 2 is 1.86 bits per heavy atom. The fraction of sp³-hybridized carbons (Fsp3) is 0.235. The molecule has 1 heterocycles. The molecule has 4 heteroatoms. The maximum absolute atomic E-state index is 12.4. The van der Waals surface area contributed by atoms with Crippen LogP contribution in [0.1, 0.15) is 11.1 Å². The lowest BCUT2D eigenvalue weighted by atomic mass is 10.1. The topological polar surface area (TPSA) is 53.2 Å². The summed E-state index contributed by atoms with van der Waals surface area (Å²) in [5.74, 6) is -0.0225. The van der Waals surface area contributed by atoms with E-state index in [0.29, 0.717) is 6.54 Å². The molecule has 1 atom stereocenters. The van der Waals surface area contributed by atoms with Crippen molar-refractivity contribution in [2.45, 2.75) is 19.9 Å². The smallest absolute Gasteiger partial charge is 0.248 e. The molecule has 0 aromatic heterocycles. The van der Waals surface area contributed by atoms with Crippen LogP contribution in [0.25, 0.3) is 0 Å². The molecule has 108 valence electrons. The van der Waals surface area contributed by atoms with Crippen LogP contribution in [0.15, 0.2) is 42.5 Å². The Labute approximate surface area is 124 Å². The lowest BCUT2D eigenvalue weighted by molar-refractivity contribution is -0.116. The van der Waals surface area contributed by atoms with Gasteiger partial charge >= 0.3 is 0 Å². The van der Waals surface area contributed by atoms with Gasteiger partial charge in [0, 0.05) is 12.2 Å². The van der Waals surface area contributed by atoms with Gasteiger partial charge in [-0.15, -0.1) is 0 Å². The average Bonchev–Trinajstić information content (AvgIpc) is 2.51. The van der Waals surface area contributed by atoms with Gasteiger partial charge in [-0.25, -0.2) is 0 Å². The number of carbonyl (C=O) groups is 1. The number of carbonyl (C=O) groups excluding carboxylic acids is 1. The van der Waals surface area contributed by atoms with Crippen LogP contribution in [0.3, 0.4) is 0 Å². The largest absolute Gasteiger partial charge is 0.381 e. The van der Waals surface area contributed by atoms with Crippen LogP contribution in [-0.2, 0) is 4.79 Å². The van der Waals surface area contributed by atoms with Crippen molar-refractivity contribution >= 4 is 23.0 Å². The monoisotopic (exact) mass is 281 g/mol. The minimum Gasteiger partial charge on any atom is -0.381 e. The molecule has 3 rings (SSSR count). The second kappa shape index (κ2) is 5.48. The van der Waals surface area contributed by atoms with Crippen LogP contribution in [0.2, 0.25) is 0 Å². The maximum atomic E-state index is 12.4. The van der Waals surface area contributed by atoms with Gasteiger partial charge in [0.25, 0.3) is 0 Å². The van der Waals surface area contributed by atoms with Crippen molar-refractivity contribution in [3.8, 4) is 0 Å². The summed E-state index contributed by atoms with van der Waals surface area (Å²) in [4.78, 5) is 12.4. The van der Waals surface area contributed by atoms with Gasteiger partial charge in [-0.3, -0.25) is 4.79 Å². The summed E-state index contributed by atoms with van der Waals surface area (Å²) in [5, 5.41) is 9.57. The van der Waals surface area contributed by atoms with E-state index in [1.807, 2.05) is 56.3 Å². The van der Waals surface area contributed by atoms with E-state index in [1.165, 1.54) is 5.56 Å². The first-order valence-electron chi connectivity index (χ1n) is 7.11. The van der Waals surface area contributed by atoms with E-state index in [0.717, 1.165) is 22.6 Å². The Kier molecular flexibility index (Phi) is 3.52. The molecule has 1 aliphatic heterocycles. The zero-order valence-electron chi connectivity index (χ0n) is 12.2. The lowest BCUT2D eigenvalue weighted by Gasteiger charge is -2.27. The van der Waals surface area contributed by atoms with Crippen LogP contribution < -0.4 is 16.0 Å². The Hall–Kier alpha value is -2.49. The van der Waals surface area contributed by atoms with Crippen LogP contribution in [0, 0.1) is 13.8 Å². The third kappa shape index (κ3) is 2.70. The van der Waals surface area contributed by atoms with Crippen molar-refractivity contribution in [1.29, 1.82) is 0 Å². The van der Waals surface area contributed by atoms with Gasteiger partial charge in [0.15, 0.2) is 0 Å². The minimum atomic E-state index is -0.278. The Balaban J connectivity index is 1.74. The third-order valence-electron chi connectivity index (χ3n) is 3.93. The summed E-state index contributed by atoms with van der Waals surface area (Å²) in [5.41, 5.74) is 5.15. The van der Waals surface area contributed by atoms with E-state index >= 15 is 0 Å². The van der Waals surface area contributed by atoms with E-state index in [-0.39, 0.29) is 11.9 Å². The number of hydrogen-bond acceptors (Lipinski definition) is 3. The first kappa shape index (κ1) is 13.5. The van der Waals surface area contributed by atoms with Crippen molar-refractivity contribution < 1.29 is 4.79 Å². The van der Waals surface area contributed by atoms with E-state index in [1.54, 1.807) is 0 Å². The molecule has 2 aromatic rings. The molecule has 3 N–H and O–H groups in total. The summed E-state index contributed by atoms with van der Waals surface area (Å²) in [6.07, 6.45) is 0. The second-order valence-corrected chi connectivity index (χ2v) is 5.36.